The quantitative estimate of drug-likeness (QED) is 0.226. The third-order valence-corrected chi connectivity index (χ3v) is 5.38. The second-order valence-corrected chi connectivity index (χ2v) is 7.74. The van der Waals surface area contributed by atoms with Gasteiger partial charge in [-0.05, 0) is 0 Å². The summed E-state index contributed by atoms with van der Waals surface area (Å²) >= 11 is 2.99. The van der Waals surface area contributed by atoms with Crippen LogP contribution in [-0.4, -0.2) is 71.2 Å². The maximum Gasteiger partial charge on any atom is 2.00 e. The van der Waals surface area contributed by atoms with E-state index >= 15 is 0 Å². The zero-order valence-electron chi connectivity index (χ0n) is 6.14. The van der Waals surface area contributed by atoms with E-state index in [1.54, 1.807) is 0 Å². The Labute approximate surface area is 134 Å². The SMILES string of the molecule is O=S(=O)([O-])CI.O=S(=O)([O-])CI.[Ca+2]. The number of rotatable bonds is 2. The third kappa shape index (κ3) is 31.4. The van der Waals surface area contributed by atoms with E-state index in [0.29, 0.717) is 0 Å². The molecule has 0 amide bonds. The van der Waals surface area contributed by atoms with E-state index in [4.69, 9.17) is 0 Å². The molecule has 13 heavy (non-hydrogen) atoms. The first kappa shape index (κ1) is 20.9. The largest absolute Gasteiger partial charge is 2.00 e. The van der Waals surface area contributed by atoms with Crippen LogP contribution in [0.3, 0.4) is 0 Å². The normalized spacial score (nSPS) is 10.8. The number of alkyl halides is 2. The van der Waals surface area contributed by atoms with E-state index in [1.807, 2.05) is 0 Å². The van der Waals surface area contributed by atoms with Gasteiger partial charge in [-0.15, -0.1) is 0 Å². The minimum atomic E-state index is -3.93. The average Bonchev–Trinajstić information content (AvgIpc) is 1.86. The van der Waals surface area contributed by atoms with Crippen molar-refractivity contribution in [3.63, 3.8) is 0 Å². The fourth-order valence-electron chi connectivity index (χ4n) is 0. The van der Waals surface area contributed by atoms with Crippen LogP contribution in [0.25, 0.3) is 0 Å². The molecule has 0 aliphatic heterocycles. The van der Waals surface area contributed by atoms with Crippen molar-refractivity contribution in [2.45, 2.75) is 0 Å². The fourth-order valence-corrected chi connectivity index (χ4v) is 0. The molecule has 0 aromatic heterocycles. The molecule has 0 unspecified atom stereocenters. The Hall–Kier alpha value is 2.54. The number of halogens is 2. The van der Waals surface area contributed by atoms with Gasteiger partial charge in [0.15, 0.2) is 0 Å². The first-order valence-electron chi connectivity index (χ1n) is 2.11. The van der Waals surface area contributed by atoms with Gasteiger partial charge in [-0.1, -0.05) is 45.2 Å². The molecule has 0 radical (unpaired) electrons. The predicted molar refractivity (Wildman–Crippen MR) is 62.9 cm³/mol. The zero-order chi connectivity index (χ0) is 10.4. The van der Waals surface area contributed by atoms with Crippen LogP contribution in [0.4, 0.5) is 0 Å². The summed E-state index contributed by atoms with van der Waals surface area (Å²) in [6.07, 6.45) is 0. The van der Waals surface area contributed by atoms with Crippen LogP contribution in [0, 0.1) is 0 Å². The Balaban J connectivity index is -0.000000143. The van der Waals surface area contributed by atoms with Crippen LogP contribution in [0.1, 0.15) is 0 Å². The van der Waals surface area contributed by atoms with Crippen LogP contribution in [0.5, 0.6) is 0 Å². The van der Waals surface area contributed by atoms with E-state index < -0.39 is 20.2 Å². The monoisotopic (exact) mass is 482 g/mol. The van der Waals surface area contributed by atoms with Crippen molar-refractivity contribution >= 4 is 103 Å². The Kier molecular flexibility index (Phi) is 15.7. The summed E-state index contributed by atoms with van der Waals surface area (Å²) in [5.74, 6) is 0. The molecule has 0 aromatic carbocycles. The first-order chi connectivity index (χ1) is 5.12. The van der Waals surface area contributed by atoms with E-state index in [-0.39, 0.29) is 45.3 Å². The third-order valence-electron chi connectivity index (χ3n) is 0.267. The maximum atomic E-state index is 9.44. The molecule has 0 atom stereocenters. The average molecular weight is 482 g/mol. The summed E-state index contributed by atoms with van der Waals surface area (Å²) in [5, 5.41) is 0. The summed E-state index contributed by atoms with van der Waals surface area (Å²) in [6.45, 7) is 0. The molecule has 0 aromatic rings. The van der Waals surface area contributed by atoms with Crippen molar-refractivity contribution in [2.24, 2.45) is 0 Å². The van der Waals surface area contributed by atoms with Gasteiger partial charge in [-0.25, -0.2) is 16.8 Å². The predicted octanol–water partition coefficient (Wildman–Crippen LogP) is -0.533. The van der Waals surface area contributed by atoms with Crippen LogP contribution in [0.15, 0.2) is 0 Å². The van der Waals surface area contributed by atoms with E-state index in [1.165, 1.54) is 45.2 Å². The van der Waals surface area contributed by atoms with Crippen LogP contribution < -0.4 is 0 Å². The topological polar surface area (TPSA) is 114 Å². The summed E-state index contributed by atoms with van der Waals surface area (Å²) in [7, 11) is -7.85. The van der Waals surface area contributed by atoms with Gasteiger partial charge in [0.05, 0.1) is 7.52 Å². The molecule has 76 valence electrons. The van der Waals surface area contributed by atoms with E-state index in [2.05, 4.69) is 0 Å². The van der Waals surface area contributed by atoms with E-state index in [9.17, 15) is 25.9 Å². The Bertz CT molecular complexity index is 263. The molecule has 0 N–H and O–H groups in total. The summed E-state index contributed by atoms with van der Waals surface area (Å²) in [6, 6.07) is 0. The van der Waals surface area contributed by atoms with Gasteiger partial charge < -0.3 is 9.11 Å². The van der Waals surface area contributed by atoms with E-state index in [0.717, 1.165) is 0 Å². The van der Waals surface area contributed by atoms with Crippen LogP contribution in [0.2, 0.25) is 0 Å². The molecule has 0 saturated carbocycles. The zero-order valence-corrected chi connectivity index (χ0v) is 14.3. The smallest absolute Gasteiger partial charge is 0.747 e. The molecule has 0 spiro atoms. The summed E-state index contributed by atoms with van der Waals surface area (Å²) in [4.78, 5) is 0. The molecule has 0 fully saturated rings. The fraction of sp³-hybridized carbons (Fsp3) is 1.00. The van der Waals surface area contributed by atoms with Crippen molar-refractivity contribution in [1.82, 2.24) is 0 Å². The van der Waals surface area contributed by atoms with Crippen LogP contribution in [-0.2, 0) is 20.2 Å². The molecule has 0 aliphatic carbocycles. The van der Waals surface area contributed by atoms with Gasteiger partial charge >= 0.3 is 37.7 Å². The molecular weight excluding hydrogens is 478 g/mol. The number of hydrogen-bond acceptors (Lipinski definition) is 6. The van der Waals surface area contributed by atoms with Gasteiger partial charge in [0.1, 0.15) is 20.2 Å². The summed E-state index contributed by atoms with van der Waals surface area (Å²) < 4.78 is 55.9. The molecule has 6 nitrogen and oxygen atoms in total. The number of hydrogen-bond donors (Lipinski definition) is 0. The molecule has 11 heteroatoms. The Morgan fingerprint density at radius 2 is 0.923 bits per heavy atom. The van der Waals surface area contributed by atoms with Crippen molar-refractivity contribution in [2.75, 3.05) is 7.52 Å². The Morgan fingerprint density at radius 1 is 0.846 bits per heavy atom. The molecule has 0 aliphatic rings. The molecule has 0 rings (SSSR count). The minimum Gasteiger partial charge on any atom is -0.747 e. The van der Waals surface area contributed by atoms with Gasteiger partial charge in [-0.2, -0.15) is 0 Å². The molecule has 0 heterocycles. The van der Waals surface area contributed by atoms with Gasteiger partial charge in [0.2, 0.25) is 0 Å². The van der Waals surface area contributed by atoms with Gasteiger partial charge in [0, 0.05) is 0 Å². The maximum absolute atomic E-state index is 9.44. The van der Waals surface area contributed by atoms with Gasteiger partial charge in [-0.3, -0.25) is 0 Å². The van der Waals surface area contributed by atoms with Crippen molar-refractivity contribution in [3.8, 4) is 0 Å². The van der Waals surface area contributed by atoms with Crippen molar-refractivity contribution in [1.29, 1.82) is 0 Å². The summed E-state index contributed by atoms with van der Waals surface area (Å²) in [5.41, 5.74) is 0. The standard InChI is InChI=1S/2CH3IO3S.Ca/c2*2-1-6(3,4)5;/h2*1H2,(H,3,4,5);/q;;+2/p-2. The second-order valence-electron chi connectivity index (χ2n) is 1.33. The van der Waals surface area contributed by atoms with Crippen molar-refractivity contribution in [3.05, 3.63) is 0 Å². The van der Waals surface area contributed by atoms with Crippen molar-refractivity contribution < 1.29 is 25.9 Å². The van der Waals surface area contributed by atoms with Gasteiger partial charge in [0.25, 0.3) is 0 Å². The molecular formula is C2H4CaI2O6S2. The first-order valence-corrected chi connectivity index (χ1v) is 8.32. The molecule has 0 saturated heterocycles. The van der Waals surface area contributed by atoms with Crippen LogP contribution >= 0.6 is 45.2 Å². The second kappa shape index (κ2) is 9.74. The minimum absolute atomic E-state index is 0. The molecule has 0 bridgehead atoms. The Morgan fingerprint density at radius 3 is 0.923 bits per heavy atom.